The maximum Gasteiger partial charge on any atom is 0.252 e. The average molecular weight is 441 g/mol. The number of ether oxygens (including phenoxy) is 2. The molecule has 1 aromatic heterocycles. The van der Waals surface area contributed by atoms with Crippen LogP contribution in [0.1, 0.15) is 22.4 Å². The Morgan fingerprint density at radius 2 is 1.52 bits per heavy atom. The highest BCUT2D eigenvalue weighted by Crippen LogP contribution is 2.29. The number of aryl methyl sites for hydroxylation is 1. The van der Waals surface area contributed by atoms with Crippen LogP contribution in [-0.4, -0.2) is 16.2 Å². The summed E-state index contributed by atoms with van der Waals surface area (Å²) in [4.78, 5) is 18.3. The van der Waals surface area contributed by atoms with E-state index in [-0.39, 0.29) is 11.5 Å². The molecule has 4 rings (SSSR count). The van der Waals surface area contributed by atoms with Gasteiger partial charge in [-0.2, -0.15) is 5.10 Å². The maximum absolute atomic E-state index is 11.6. The molecule has 0 fully saturated rings. The lowest BCUT2D eigenvalue weighted by molar-refractivity contribution is 0.256. The molecule has 0 aliphatic heterocycles. The van der Waals surface area contributed by atoms with E-state index < -0.39 is 0 Å². The smallest absolute Gasteiger partial charge is 0.252 e. The Morgan fingerprint density at radius 3 is 2.15 bits per heavy atom. The molecule has 0 amide bonds. The summed E-state index contributed by atoms with van der Waals surface area (Å²) in [5.41, 5.74) is 6.04. The topological polar surface area (TPSA) is 88.6 Å². The van der Waals surface area contributed by atoms with Crippen LogP contribution in [0.15, 0.2) is 94.8 Å². The van der Waals surface area contributed by atoms with Gasteiger partial charge in [0.15, 0.2) is 11.5 Å². The second kappa shape index (κ2) is 10.8. The average Bonchev–Trinajstić information content (AvgIpc) is 2.83. The predicted octanol–water partition coefficient (Wildman–Crippen LogP) is 4.68. The molecule has 0 aliphatic rings. The first kappa shape index (κ1) is 21.8. The van der Waals surface area contributed by atoms with E-state index in [2.05, 4.69) is 20.5 Å². The molecule has 0 saturated carbocycles. The number of benzene rings is 3. The number of hydrogen-bond donors (Lipinski definition) is 2. The van der Waals surface area contributed by atoms with Gasteiger partial charge in [0.05, 0.1) is 6.21 Å². The van der Waals surface area contributed by atoms with Crippen molar-refractivity contribution < 1.29 is 9.47 Å². The van der Waals surface area contributed by atoms with Gasteiger partial charge < -0.3 is 9.47 Å². The first-order chi connectivity index (χ1) is 16.2. The highest BCUT2D eigenvalue weighted by molar-refractivity contribution is 5.81. The van der Waals surface area contributed by atoms with Crippen LogP contribution < -0.4 is 20.5 Å². The molecule has 0 atom stereocenters. The number of aromatic nitrogens is 2. The predicted molar refractivity (Wildman–Crippen MR) is 129 cm³/mol. The van der Waals surface area contributed by atoms with Gasteiger partial charge in [0.1, 0.15) is 13.2 Å². The Labute approximate surface area is 191 Å². The molecule has 0 aliphatic carbocycles. The van der Waals surface area contributed by atoms with Gasteiger partial charge in [-0.1, -0.05) is 60.7 Å². The highest BCUT2D eigenvalue weighted by atomic mass is 16.5. The third-order valence-corrected chi connectivity index (χ3v) is 4.70. The third kappa shape index (κ3) is 6.54. The molecule has 3 aromatic carbocycles. The van der Waals surface area contributed by atoms with Crippen molar-refractivity contribution in [3.63, 3.8) is 0 Å². The minimum absolute atomic E-state index is 0.239. The van der Waals surface area contributed by atoms with Crippen LogP contribution in [0.3, 0.4) is 0 Å². The fourth-order valence-corrected chi connectivity index (χ4v) is 3.11. The van der Waals surface area contributed by atoms with E-state index in [0.717, 1.165) is 16.7 Å². The second-order valence-electron chi connectivity index (χ2n) is 7.36. The molecule has 33 heavy (non-hydrogen) atoms. The first-order valence-corrected chi connectivity index (χ1v) is 10.5. The third-order valence-electron chi connectivity index (χ3n) is 4.70. The summed E-state index contributed by atoms with van der Waals surface area (Å²) >= 11 is 0. The van der Waals surface area contributed by atoms with Gasteiger partial charge in [0.25, 0.3) is 5.56 Å². The molecule has 7 nitrogen and oxygen atoms in total. The number of hydrazone groups is 1. The molecule has 4 aromatic rings. The van der Waals surface area contributed by atoms with E-state index in [1.807, 2.05) is 78.9 Å². The van der Waals surface area contributed by atoms with E-state index in [4.69, 9.17) is 9.47 Å². The van der Waals surface area contributed by atoms with Gasteiger partial charge >= 0.3 is 0 Å². The summed E-state index contributed by atoms with van der Waals surface area (Å²) in [6.07, 6.45) is 1.62. The number of anilines is 1. The number of nitrogens with one attached hydrogen (secondary N) is 2. The molecular formula is C26H24N4O3. The fourth-order valence-electron chi connectivity index (χ4n) is 3.11. The second-order valence-corrected chi connectivity index (χ2v) is 7.36. The summed E-state index contributed by atoms with van der Waals surface area (Å²) in [6.45, 7) is 2.59. The molecule has 166 valence electrons. The Bertz CT molecular complexity index is 1270. The summed E-state index contributed by atoms with van der Waals surface area (Å²) in [6, 6.07) is 26.9. The van der Waals surface area contributed by atoms with Crippen molar-refractivity contribution in [2.24, 2.45) is 5.10 Å². The molecule has 1 heterocycles. The zero-order valence-corrected chi connectivity index (χ0v) is 18.2. The summed E-state index contributed by atoms with van der Waals surface area (Å²) < 4.78 is 12.1. The van der Waals surface area contributed by atoms with E-state index >= 15 is 0 Å². The standard InChI is InChI=1S/C26H24N4O3/c1-19-14-25(31)29-26(28-19)30-27-16-22-12-13-23(32-17-20-8-4-2-5-9-20)24(15-22)33-18-21-10-6-3-7-11-21/h2-16H,17-18H2,1H3,(H2,28,29,30,31)/b27-16+. The first-order valence-electron chi connectivity index (χ1n) is 10.5. The monoisotopic (exact) mass is 440 g/mol. The van der Waals surface area contributed by atoms with Crippen LogP contribution in [0.25, 0.3) is 0 Å². The molecular weight excluding hydrogens is 416 g/mol. The van der Waals surface area contributed by atoms with Gasteiger partial charge in [-0.15, -0.1) is 0 Å². The van der Waals surface area contributed by atoms with Crippen molar-refractivity contribution >= 4 is 12.2 Å². The normalized spacial score (nSPS) is 10.8. The van der Waals surface area contributed by atoms with Crippen LogP contribution in [0.2, 0.25) is 0 Å². The summed E-state index contributed by atoms with van der Waals surface area (Å²) in [5, 5.41) is 4.17. The van der Waals surface area contributed by atoms with Crippen molar-refractivity contribution in [1.82, 2.24) is 9.97 Å². The summed E-state index contributed by atoms with van der Waals surface area (Å²) in [5.74, 6) is 1.53. The fraction of sp³-hybridized carbons (Fsp3) is 0.115. The maximum atomic E-state index is 11.6. The van der Waals surface area contributed by atoms with Gasteiger partial charge in [-0.05, 0) is 41.8 Å². The molecule has 0 radical (unpaired) electrons. The van der Waals surface area contributed by atoms with Crippen LogP contribution in [-0.2, 0) is 13.2 Å². The van der Waals surface area contributed by atoms with Crippen molar-refractivity contribution in [3.05, 3.63) is 118 Å². The summed E-state index contributed by atoms with van der Waals surface area (Å²) in [7, 11) is 0. The van der Waals surface area contributed by atoms with Crippen molar-refractivity contribution in [2.45, 2.75) is 20.1 Å². The lowest BCUT2D eigenvalue weighted by Crippen LogP contribution is -2.10. The number of hydrogen-bond acceptors (Lipinski definition) is 6. The van der Waals surface area contributed by atoms with Gasteiger partial charge in [-0.25, -0.2) is 10.4 Å². The van der Waals surface area contributed by atoms with Gasteiger partial charge in [-0.3, -0.25) is 9.78 Å². The zero-order chi connectivity index (χ0) is 22.9. The molecule has 0 spiro atoms. The van der Waals surface area contributed by atoms with Crippen LogP contribution in [0, 0.1) is 6.92 Å². The van der Waals surface area contributed by atoms with Crippen LogP contribution >= 0.6 is 0 Å². The lowest BCUT2D eigenvalue weighted by Gasteiger charge is -2.14. The van der Waals surface area contributed by atoms with E-state index in [9.17, 15) is 4.79 Å². The quantitative estimate of drug-likeness (QED) is 0.291. The SMILES string of the molecule is Cc1cc(=O)[nH]c(N/N=C/c2ccc(OCc3ccccc3)c(OCc3ccccc3)c2)n1. The molecule has 2 N–H and O–H groups in total. The Balaban J connectivity index is 1.50. The lowest BCUT2D eigenvalue weighted by atomic mass is 10.2. The van der Waals surface area contributed by atoms with Crippen LogP contribution in [0.4, 0.5) is 5.95 Å². The Hall–Kier alpha value is -4.39. The van der Waals surface area contributed by atoms with Crippen molar-refractivity contribution in [2.75, 3.05) is 5.43 Å². The van der Waals surface area contributed by atoms with E-state index in [1.165, 1.54) is 6.07 Å². The Kier molecular flexibility index (Phi) is 7.12. The molecule has 0 saturated heterocycles. The minimum atomic E-state index is -0.239. The zero-order valence-electron chi connectivity index (χ0n) is 18.2. The number of aromatic amines is 1. The number of H-pyrrole nitrogens is 1. The van der Waals surface area contributed by atoms with Crippen LogP contribution in [0.5, 0.6) is 11.5 Å². The molecule has 0 bridgehead atoms. The van der Waals surface area contributed by atoms with E-state index in [1.54, 1.807) is 13.1 Å². The number of nitrogens with zero attached hydrogens (tertiary/aromatic N) is 2. The molecule has 7 heteroatoms. The van der Waals surface area contributed by atoms with Gasteiger partial charge in [0.2, 0.25) is 5.95 Å². The van der Waals surface area contributed by atoms with E-state index in [0.29, 0.717) is 30.4 Å². The highest BCUT2D eigenvalue weighted by Gasteiger charge is 2.08. The minimum Gasteiger partial charge on any atom is -0.485 e. The number of rotatable bonds is 9. The van der Waals surface area contributed by atoms with Crippen molar-refractivity contribution in [3.8, 4) is 11.5 Å². The molecule has 0 unspecified atom stereocenters. The Morgan fingerprint density at radius 1 is 0.879 bits per heavy atom. The van der Waals surface area contributed by atoms with Crippen molar-refractivity contribution in [1.29, 1.82) is 0 Å². The largest absolute Gasteiger partial charge is 0.485 e. The van der Waals surface area contributed by atoms with Gasteiger partial charge in [0, 0.05) is 11.8 Å².